The van der Waals surface area contributed by atoms with E-state index in [4.69, 9.17) is 0 Å². The number of carbonyl (C=O) groups excluding carboxylic acids is 1. The molecule has 6 nitrogen and oxygen atoms in total. The summed E-state index contributed by atoms with van der Waals surface area (Å²) >= 11 is 0. The number of rotatable bonds is 9. The smallest absolute Gasteiger partial charge is 0.225 e. The minimum absolute atomic E-state index is 0.0673. The zero-order valence-corrected chi connectivity index (χ0v) is 19.7. The molecule has 1 aliphatic rings. The van der Waals surface area contributed by atoms with Gasteiger partial charge in [0.2, 0.25) is 11.9 Å². The van der Waals surface area contributed by atoms with Crippen LogP contribution in [0.25, 0.3) is 11.1 Å². The lowest BCUT2D eigenvalue weighted by atomic mass is 9.97. The molecule has 1 N–H and O–H groups in total. The van der Waals surface area contributed by atoms with E-state index >= 15 is 0 Å². The van der Waals surface area contributed by atoms with Crippen molar-refractivity contribution >= 4 is 11.9 Å². The molecule has 34 heavy (non-hydrogen) atoms. The normalized spacial score (nSPS) is 16.0. The average molecular weight is 462 g/mol. The maximum absolute atomic E-state index is 13.5. The highest BCUT2D eigenvalue weighted by molar-refractivity contribution is 5.79. The van der Waals surface area contributed by atoms with Crippen LogP contribution in [0.3, 0.4) is 0 Å². The van der Waals surface area contributed by atoms with Gasteiger partial charge in [-0.1, -0.05) is 42.5 Å². The van der Waals surface area contributed by atoms with Crippen LogP contribution >= 0.6 is 0 Å². The second-order valence-electron chi connectivity index (χ2n) is 8.94. The second-order valence-corrected chi connectivity index (χ2v) is 8.94. The average Bonchev–Trinajstić information content (AvgIpc) is 2.87. The Morgan fingerprint density at radius 1 is 1.12 bits per heavy atom. The Bertz CT molecular complexity index is 1060. The van der Waals surface area contributed by atoms with Crippen LogP contribution in [0, 0.1) is 11.7 Å². The van der Waals surface area contributed by atoms with Gasteiger partial charge < -0.3 is 15.1 Å². The number of hydrogen-bond acceptors (Lipinski definition) is 5. The highest BCUT2D eigenvalue weighted by Gasteiger charge is 2.27. The number of anilines is 1. The van der Waals surface area contributed by atoms with Crippen molar-refractivity contribution in [3.8, 4) is 11.1 Å². The van der Waals surface area contributed by atoms with Crippen LogP contribution in [0.2, 0.25) is 0 Å². The standard InChI is InChI=1S/C27H32FN5O/c1-32(19-21-8-3-2-4-9-21)14-7-13-29-26(34)23-11-6-15-33(20-23)27-30-17-24(18-31-27)22-10-5-12-25(28)16-22/h2-5,8-10,12,16-18,23H,6-7,11,13-15,19-20H2,1H3,(H,29,34)/t23-/m0/s1. The molecule has 1 aliphatic heterocycles. The fraction of sp³-hybridized carbons (Fsp3) is 0.370. The molecule has 2 heterocycles. The van der Waals surface area contributed by atoms with E-state index in [0.29, 0.717) is 19.0 Å². The minimum atomic E-state index is -0.283. The number of nitrogens with one attached hydrogen (secondary N) is 1. The number of carbonyl (C=O) groups is 1. The molecule has 0 saturated carbocycles. The molecule has 3 aromatic rings. The van der Waals surface area contributed by atoms with Crippen LogP contribution in [0.5, 0.6) is 0 Å². The third-order valence-corrected chi connectivity index (χ3v) is 6.18. The molecule has 0 spiro atoms. The van der Waals surface area contributed by atoms with E-state index in [-0.39, 0.29) is 17.6 Å². The van der Waals surface area contributed by atoms with Crippen molar-refractivity contribution in [1.29, 1.82) is 0 Å². The summed E-state index contributed by atoms with van der Waals surface area (Å²) in [5, 5.41) is 3.11. The number of aromatic nitrogens is 2. The zero-order valence-electron chi connectivity index (χ0n) is 19.7. The molecular weight excluding hydrogens is 429 g/mol. The molecular formula is C27H32FN5O. The molecule has 0 aliphatic carbocycles. The van der Waals surface area contributed by atoms with Gasteiger partial charge in [0.15, 0.2) is 0 Å². The third-order valence-electron chi connectivity index (χ3n) is 6.18. The van der Waals surface area contributed by atoms with Gasteiger partial charge in [0.1, 0.15) is 5.82 Å². The van der Waals surface area contributed by atoms with Gasteiger partial charge in [0.05, 0.1) is 5.92 Å². The van der Waals surface area contributed by atoms with Crippen molar-refractivity contribution < 1.29 is 9.18 Å². The van der Waals surface area contributed by atoms with Crippen molar-refractivity contribution in [2.24, 2.45) is 5.92 Å². The van der Waals surface area contributed by atoms with Crippen LogP contribution in [0.15, 0.2) is 67.0 Å². The summed E-state index contributed by atoms with van der Waals surface area (Å²) in [7, 11) is 2.10. The maximum Gasteiger partial charge on any atom is 0.225 e. The van der Waals surface area contributed by atoms with E-state index in [1.54, 1.807) is 18.5 Å². The van der Waals surface area contributed by atoms with E-state index < -0.39 is 0 Å². The van der Waals surface area contributed by atoms with Gasteiger partial charge >= 0.3 is 0 Å². The molecule has 0 radical (unpaired) electrons. The fourth-order valence-corrected chi connectivity index (χ4v) is 4.35. The minimum Gasteiger partial charge on any atom is -0.356 e. The van der Waals surface area contributed by atoms with Crippen molar-refractivity contribution in [3.05, 3.63) is 78.4 Å². The molecule has 1 amide bonds. The Morgan fingerprint density at radius 2 is 1.91 bits per heavy atom. The van der Waals surface area contributed by atoms with Gasteiger partial charge in [-0.15, -0.1) is 0 Å². The fourth-order valence-electron chi connectivity index (χ4n) is 4.35. The molecule has 1 aromatic heterocycles. The maximum atomic E-state index is 13.5. The lowest BCUT2D eigenvalue weighted by Crippen LogP contribution is -2.44. The van der Waals surface area contributed by atoms with Crippen LogP contribution in [-0.4, -0.2) is 54.0 Å². The Kier molecular flexibility index (Phi) is 8.20. The van der Waals surface area contributed by atoms with Crippen molar-refractivity contribution in [2.75, 3.05) is 38.1 Å². The van der Waals surface area contributed by atoms with Gasteiger partial charge in [-0.2, -0.15) is 0 Å². The lowest BCUT2D eigenvalue weighted by Gasteiger charge is -2.32. The first-order valence-electron chi connectivity index (χ1n) is 11.9. The lowest BCUT2D eigenvalue weighted by molar-refractivity contribution is -0.125. The van der Waals surface area contributed by atoms with E-state index in [1.807, 2.05) is 12.1 Å². The first kappa shape index (κ1) is 23.8. The van der Waals surface area contributed by atoms with E-state index in [0.717, 1.165) is 50.0 Å². The van der Waals surface area contributed by atoms with Crippen LogP contribution in [-0.2, 0) is 11.3 Å². The zero-order chi connectivity index (χ0) is 23.8. The summed E-state index contributed by atoms with van der Waals surface area (Å²) in [6, 6.07) is 16.8. The number of amides is 1. The van der Waals surface area contributed by atoms with Gasteiger partial charge in [0.25, 0.3) is 0 Å². The van der Waals surface area contributed by atoms with E-state index in [1.165, 1.54) is 17.7 Å². The SMILES string of the molecule is CN(CCCNC(=O)[C@H]1CCCN(c2ncc(-c3cccc(F)c3)cn2)C1)Cc1ccccc1. The van der Waals surface area contributed by atoms with Crippen LogP contribution < -0.4 is 10.2 Å². The summed E-state index contributed by atoms with van der Waals surface area (Å²) in [4.78, 5) is 26.1. The molecule has 4 rings (SSSR count). The predicted molar refractivity (Wildman–Crippen MR) is 133 cm³/mol. The summed E-state index contributed by atoms with van der Waals surface area (Å²) in [5.41, 5.74) is 2.81. The number of piperidine rings is 1. The summed E-state index contributed by atoms with van der Waals surface area (Å²) < 4.78 is 13.5. The van der Waals surface area contributed by atoms with Gasteiger partial charge in [-0.3, -0.25) is 4.79 Å². The molecule has 0 unspecified atom stereocenters. The summed E-state index contributed by atoms with van der Waals surface area (Å²) in [5.74, 6) is 0.364. The third kappa shape index (κ3) is 6.60. The highest BCUT2D eigenvalue weighted by Crippen LogP contribution is 2.23. The van der Waals surface area contributed by atoms with Crippen molar-refractivity contribution in [1.82, 2.24) is 20.2 Å². The van der Waals surface area contributed by atoms with Gasteiger partial charge in [-0.25, -0.2) is 14.4 Å². The Labute approximate surface area is 200 Å². The summed E-state index contributed by atoms with van der Waals surface area (Å²) in [6.45, 7) is 3.95. The Hall–Kier alpha value is -3.32. The molecule has 1 atom stereocenters. The Morgan fingerprint density at radius 3 is 2.68 bits per heavy atom. The van der Waals surface area contributed by atoms with Gasteiger partial charge in [0, 0.05) is 44.1 Å². The number of hydrogen-bond donors (Lipinski definition) is 1. The van der Waals surface area contributed by atoms with E-state index in [9.17, 15) is 9.18 Å². The number of halogens is 1. The second kappa shape index (κ2) is 11.7. The van der Waals surface area contributed by atoms with Crippen LogP contribution in [0.4, 0.5) is 10.3 Å². The van der Waals surface area contributed by atoms with Crippen molar-refractivity contribution in [3.63, 3.8) is 0 Å². The molecule has 7 heteroatoms. The number of nitrogens with zero attached hydrogens (tertiary/aromatic N) is 4. The van der Waals surface area contributed by atoms with E-state index in [2.05, 4.69) is 56.4 Å². The Balaban J connectivity index is 1.22. The quantitative estimate of drug-likeness (QED) is 0.486. The first-order chi connectivity index (χ1) is 16.6. The van der Waals surface area contributed by atoms with Crippen molar-refractivity contribution in [2.45, 2.75) is 25.8 Å². The molecule has 0 bridgehead atoms. The molecule has 1 saturated heterocycles. The topological polar surface area (TPSA) is 61.4 Å². The largest absolute Gasteiger partial charge is 0.356 e. The first-order valence-corrected chi connectivity index (χ1v) is 11.9. The van der Waals surface area contributed by atoms with Gasteiger partial charge in [-0.05, 0) is 56.1 Å². The highest BCUT2D eigenvalue weighted by atomic mass is 19.1. The summed E-state index contributed by atoms with van der Waals surface area (Å²) in [6.07, 6.45) is 6.14. The number of benzene rings is 2. The molecule has 178 valence electrons. The molecule has 1 fully saturated rings. The molecule has 2 aromatic carbocycles. The van der Waals surface area contributed by atoms with Crippen LogP contribution in [0.1, 0.15) is 24.8 Å². The monoisotopic (exact) mass is 461 g/mol. The predicted octanol–water partition coefficient (Wildman–Crippen LogP) is 4.14.